The number of nitrogens with two attached hydrogens (primary N) is 1. The quantitative estimate of drug-likeness (QED) is 0.508. The van der Waals surface area contributed by atoms with Crippen molar-refractivity contribution in [1.29, 1.82) is 0 Å². The fourth-order valence-corrected chi connectivity index (χ4v) is 5.17. The maximum atomic E-state index is 12.4. The van der Waals surface area contributed by atoms with E-state index in [0.717, 1.165) is 49.5 Å². The largest absolute Gasteiger partial charge is 0.489 e. The molecule has 1 aliphatic carbocycles. The lowest BCUT2D eigenvalue weighted by Gasteiger charge is -2.42. The first kappa shape index (κ1) is 21.9. The topological polar surface area (TPSA) is 68.1 Å². The molecule has 0 spiro atoms. The summed E-state index contributed by atoms with van der Waals surface area (Å²) in [7, 11) is 0. The van der Waals surface area contributed by atoms with Gasteiger partial charge < -0.3 is 15.5 Å². The Morgan fingerprint density at radius 3 is 2.55 bits per heavy atom. The van der Waals surface area contributed by atoms with Gasteiger partial charge in [-0.25, -0.2) is 0 Å². The monoisotopic (exact) mass is 438 g/mol. The molecule has 5 heteroatoms. The molecule has 1 aliphatic rings. The zero-order valence-corrected chi connectivity index (χ0v) is 19.0. The summed E-state index contributed by atoms with van der Waals surface area (Å²) in [4.78, 5) is 15.3. The van der Waals surface area contributed by atoms with E-state index in [2.05, 4.69) is 31.0 Å². The van der Waals surface area contributed by atoms with Crippen molar-refractivity contribution in [3.05, 3.63) is 75.2 Å². The zero-order valence-electron chi connectivity index (χ0n) is 18.3. The number of fused-ring (bicyclic) bond motifs is 1. The van der Waals surface area contributed by atoms with Crippen molar-refractivity contribution in [3.8, 4) is 5.75 Å². The predicted molar refractivity (Wildman–Crippen MR) is 128 cm³/mol. The number of rotatable bonds is 6. The van der Waals surface area contributed by atoms with Gasteiger partial charge in [-0.05, 0) is 79.5 Å². The summed E-state index contributed by atoms with van der Waals surface area (Å²) in [6.45, 7) is 4.35. The number of aromatic amines is 1. The van der Waals surface area contributed by atoms with Gasteiger partial charge in [-0.2, -0.15) is 0 Å². The van der Waals surface area contributed by atoms with Gasteiger partial charge in [0, 0.05) is 17.6 Å². The van der Waals surface area contributed by atoms with E-state index in [0.29, 0.717) is 16.2 Å². The Hall–Kier alpha value is -2.30. The highest BCUT2D eigenvalue weighted by atomic mass is 35.5. The first-order valence-corrected chi connectivity index (χ1v) is 11.6. The molecule has 0 amide bonds. The second-order valence-corrected chi connectivity index (χ2v) is 9.36. The zero-order chi connectivity index (χ0) is 22.0. The number of hydrogen-bond acceptors (Lipinski definition) is 3. The summed E-state index contributed by atoms with van der Waals surface area (Å²) in [5, 5.41) is 1.96. The Balaban J connectivity index is 1.61. The molecule has 1 unspecified atom stereocenters. The smallest absolute Gasteiger partial charge is 0.255 e. The van der Waals surface area contributed by atoms with Gasteiger partial charge in [-0.15, -0.1) is 0 Å². The molecule has 31 heavy (non-hydrogen) atoms. The van der Waals surface area contributed by atoms with E-state index in [1.165, 1.54) is 5.56 Å². The third kappa shape index (κ3) is 4.51. The lowest BCUT2D eigenvalue weighted by atomic mass is 9.67. The standard InChI is InChI=1S/C26H31ClN2O2/c1-3-26(17(2)28)11-9-20(10-12-26)31-24-15-21-19(13-18-7-5-4-6-8-18)16-29-25(30)22(21)14-23(24)27/h4-8,14-17,20H,3,9-13,28H2,1-2H3,(H,29,30). The molecule has 164 valence electrons. The summed E-state index contributed by atoms with van der Waals surface area (Å²) >= 11 is 6.54. The second-order valence-electron chi connectivity index (χ2n) is 8.96. The van der Waals surface area contributed by atoms with Crippen molar-refractivity contribution < 1.29 is 4.74 Å². The summed E-state index contributed by atoms with van der Waals surface area (Å²) in [5.74, 6) is 0.656. The van der Waals surface area contributed by atoms with Crippen LogP contribution in [0.2, 0.25) is 5.02 Å². The summed E-state index contributed by atoms with van der Waals surface area (Å²) in [6, 6.07) is 14.1. The van der Waals surface area contributed by atoms with Crippen molar-refractivity contribution in [2.45, 2.75) is 64.5 Å². The first-order chi connectivity index (χ1) is 14.9. The third-order valence-corrected chi connectivity index (χ3v) is 7.46. The van der Waals surface area contributed by atoms with Gasteiger partial charge in [0.25, 0.3) is 5.56 Å². The molecule has 1 saturated carbocycles. The number of halogens is 1. The second kappa shape index (κ2) is 9.05. The van der Waals surface area contributed by atoms with E-state index in [-0.39, 0.29) is 23.1 Å². The Morgan fingerprint density at radius 1 is 1.19 bits per heavy atom. The van der Waals surface area contributed by atoms with Crippen LogP contribution >= 0.6 is 11.6 Å². The maximum absolute atomic E-state index is 12.4. The van der Waals surface area contributed by atoms with Crippen molar-refractivity contribution in [3.63, 3.8) is 0 Å². The van der Waals surface area contributed by atoms with Crippen molar-refractivity contribution in [2.75, 3.05) is 0 Å². The Morgan fingerprint density at radius 2 is 1.90 bits per heavy atom. The highest BCUT2D eigenvalue weighted by Gasteiger charge is 2.37. The van der Waals surface area contributed by atoms with Crippen LogP contribution in [0, 0.1) is 5.41 Å². The molecule has 1 fully saturated rings. The van der Waals surface area contributed by atoms with E-state index in [9.17, 15) is 4.79 Å². The summed E-state index contributed by atoms with van der Waals surface area (Å²) < 4.78 is 6.37. The highest BCUT2D eigenvalue weighted by molar-refractivity contribution is 6.32. The molecule has 1 aromatic heterocycles. The third-order valence-electron chi connectivity index (χ3n) is 7.17. The molecule has 0 radical (unpaired) electrons. The summed E-state index contributed by atoms with van der Waals surface area (Å²) in [5.41, 5.74) is 8.61. The molecule has 0 saturated heterocycles. The molecular weight excluding hydrogens is 408 g/mol. The van der Waals surface area contributed by atoms with E-state index < -0.39 is 0 Å². The molecule has 3 aromatic rings. The van der Waals surface area contributed by atoms with Crippen molar-refractivity contribution in [2.24, 2.45) is 11.1 Å². The van der Waals surface area contributed by atoms with Crippen LogP contribution in [0.5, 0.6) is 5.75 Å². The Kier molecular flexibility index (Phi) is 6.40. The normalized spacial score (nSPS) is 22.4. The average molecular weight is 439 g/mol. The minimum Gasteiger partial charge on any atom is -0.489 e. The number of pyridine rings is 1. The SMILES string of the molecule is CCC1(C(C)N)CCC(Oc2cc3c(Cc4ccccc4)c[nH]c(=O)c3cc2Cl)CC1. The van der Waals surface area contributed by atoms with Gasteiger partial charge in [0.1, 0.15) is 5.75 Å². The van der Waals surface area contributed by atoms with Gasteiger partial charge in [0.15, 0.2) is 0 Å². The maximum Gasteiger partial charge on any atom is 0.255 e. The van der Waals surface area contributed by atoms with Gasteiger partial charge in [0.2, 0.25) is 0 Å². The van der Waals surface area contributed by atoms with E-state index in [1.54, 1.807) is 12.3 Å². The molecule has 4 nitrogen and oxygen atoms in total. The number of aromatic nitrogens is 1. The van der Waals surface area contributed by atoms with Crippen LogP contribution in [-0.4, -0.2) is 17.1 Å². The molecule has 4 rings (SSSR count). The molecule has 1 atom stereocenters. The van der Waals surface area contributed by atoms with Gasteiger partial charge in [-0.1, -0.05) is 48.9 Å². The van der Waals surface area contributed by atoms with Crippen LogP contribution in [0.3, 0.4) is 0 Å². The molecular formula is C26H31ClN2O2. The number of H-pyrrole nitrogens is 1. The minimum atomic E-state index is -0.136. The first-order valence-electron chi connectivity index (χ1n) is 11.2. The Labute approximate surface area is 188 Å². The Bertz CT molecular complexity index is 1100. The number of benzene rings is 2. The van der Waals surface area contributed by atoms with Crippen molar-refractivity contribution >= 4 is 22.4 Å². The molecule has 2 aromatic carbocycles. The van der Waals surface area contributed by atoms with Crippen LogP contribution in [0.4, 0.5) is 0 Å². The molecule has 0 aliphatic heterocycles. The van der Waals surface area contributed by atoms with E-state index in [4.69, 9.17) is 22.1 Å². The number of nitrogens with one attached hydrogen (secondary N) is 1. The van der Waals surface area contributed by atoms with E-state index in [1.807, 2.05) is 24.3 Å². The van der Waals surface area contributed by atoms with Crippen LogP contribution in [0.1, 0.15) is 57.1 Å². The highest BCUT2D eigenvalue weighted by Crippen LogP contribution is 2.43. The number of ether oxygens (including phenoxy) is 1. The lowest BCUT2D eigenvalue weighted by molar-refractivity contribution is 0.0619. The minimum absolute atomic E-state index is 0.118. The van der Waals surface area contributed by atoms with Crippen LogP contribution in [0.25, 0.3) is 10.8 Å². The molecule has 0 bridgehead atoms. The van der Waals surface area contributed by atoms with Crippen molar-refractivity contribution in [1.82, 2.24) is 4.98 Å². The average Bonchev–Trinajstić information content (AvgIpc) is 2.78. The van der Waals surface area contributed by atoms with E-state index >= 15 is 0 Å². The summed E-state index contributed by atoms with van der Waals surface area (Å²) in [6.07, 6.45) is 7.81. The van der Waals surface area contributed by atoms with Crippen LogP contribution in [0.15, 0.2) is 53.5 Å². The number of hydrogen-bond donors (Lipinski definition) is 2. The van der Waals surface area contributed by atoms with Gasteiger partial charge in [-0.3, -0.25) is 4.79 Å². The molecule has 1 heterocycles. The van der Waals surface area contributed by atoms with Gasteiger partial charge >= 0.3 is 0 Å². The van der Waals surface area contributed by atoms with Gasteiger partial charge in [0.05, 0.1) is 11.1 Å². The fraction of sp³-hybridized carbons (Fsp3) is 0.423. The van der Waals surface area contributed by atoms with Crippen LogP contribution < -0.4 is 16.0 Å². The van der Waals surface area contributed by atoms with Crippen LogP contribution in [-0.2, 0) is 6.42 Å². The fourth-order valence-electron chi connectivity index (χ4n) is 4.96. The molecule has 3 N–H and O–H groups in total. The lowest BCUT2D eigenvalue weighted by Crippen LogP contribution is -2.43. The predicted octanol–water partition coefficient (Wildman–Crippen LogP) is 5.84.